The number of para-hydroxylation sites is 1. The van der Waals surface area contributed by atoms with Crippen LogP contribution >= 0.6 is 12.0 Å². The first-order chi connectivity index (χ1) is 20.5. The molecule has 0 saturated heterocycles. The number of benzene rings is 2. The predicted octanol–water partition coefficient (Wildman–Crippen LogP) is 6.95. The van der Waals surface area contributed by atoms with Gasteiger partial charge in [-0.2, -0.15) is 4.58 Å². The Labute approximate surface area is 263 Å². The van der Waals surface area contributed by atoms with Crippen LogP contribution in [-0.4, -0.2) is 54.9 Å². The van der Waals surface area contributed by atoms with E-state index >= 15 is 0 Å². The van der Waals surface area contributed by atoms with E-state index in [4.69, 9.17) is 0 Å². The third kappa shape index (κ3) is 7.06. The molecule has 9 heteroatoms. The van der Waals surface area contributed by atoms with Crippen molar-refractivity contribution in [2.45, 2.75) is 69.6 Å². The van der Waals surface area contributed by atoms with E-state index in [-0.39, 0.29) is 16.7 Å². The molecule has 2 aromatic carbocycles. The van der Waals surface area contributed by atoms with Gasteiger partial charge in [-0.1, -0.05) is 57.2 Å². The molecule has 2 aromatic rings. The Morgan fingerprint density at radius 1 is 1.05 bits per heavy atom. The van der Waals surface area contributed by atoms with Crippen molar-refractivity contribution < 1.29 is 22.7 Å². The van der Waals surface area contributed by atoms with Crippen LogP contribution in [0.3, 0.4) is 0 Å². The van der Waals surface area contributed by atoms with Crippen LogP contribution < -0.4 is 10.2 Å². The second-order valence-electron chi connectivity index (χ2n) is 11.9. The molecular weight excluding hydrogens is 579 g/mol. The molecule has 0 saturated carbocycles. The highest BCUT2D eigenvalue weighted by atomic mass is 32.2. The number of anilines is 1. The van der Waals surface area contributed by atoms with Crippen LogP contribution in [-0.2, 0) is 26.7 Å². The third-order valence-corrected chi connectivity index (χ3v) is 9.54. The summed E-state index contributed by atoms with van der Waals surface area (Å²) in [6.07, 6.45) is 12.6. The number of hydrogen-bond donors (Lipinski definition) is 3. The largest absolute Gasteiger partial charge is 0.356 e. The maximum atomic E-state index is 11.9. The molecule has 2 aliphatic heterocycles. The number of nitrogens with zero attached hydrogens (tertiary/aromatic N) is 2. The maximum Gasteiger partial charge on any atom is 0.219 e. The lowest BCUT2D eigenvalue weighted by molar-refractivity contribution is -0.437. The number of nitrogens with one attached hydrogen (secondary N) is 1. The normalized spacial score (nSPS) is 18.6. The molecule has 1 unspecified atom stereocenters. The van der Waals surface area contributed by atoms with Crippen LogP contribution in [0.1, 0.15) is 65.0 Å². The van der Waals surface area contributed by atoms with E-state index in [0.717, 1.165) is 48.4 Å². The molecular formula is C34H44N3O4S2+. The summed E-state index contributed by atoms with van der Waals surface area (Å²) in [7, 11) is 0. The number of amides is 1. The molecule has 7 nitrogen and oxygen atoms in total. The first-order valence-electron chi connectivity index (χ1n) is 14.9. The van der Waals surface area contributed by atoms with E-state index in [1.807, 2.05) is 25.1 Å². The van der Waals surface area contributed by atoms with E-state index in [1.54, 1.807) is 6.07 Å². The highest BCUT2D eigenvalue weighted by molar-refractivity contribution is 7.93. The summed E-state index contributed by atoms with van der Waals surface area (Å²) >= 11 is -1.17. The number of hydrogen-bond acceptors (Lipinski definition) is 5. The Bertz CT molecular complexity index is 1490. The molecule has 4 rings (SSSR count). The van der Waals surface area contributed by atoms with Gasteiger partial charge in [0.15, 0.2) is 16.8 Å². The fourth-order valence-electron chi connectivity index (χ4n) is 6.12. The second kappa shape index (κ2) is 14.2. The van der Waals surface area contributed by atoms with E-state index in [0.29, 0.717) is 30.2 Å². The number of rotatable bonds is 13. The number of allylic oxidation sites excluding steroid dienone is 6. The standard InChI is InChI=1S/C34H43N3O4S2/c1-6-32(38)35-20-12-21-36-29-19-18-25(43(40)41)24-27(29)34(4,5)31(36)17-9-7-8-16-30-33(2,3)26-14-10-11-15-28(26)37(30)22-13-23-42-39/h7-11,14-19,24H,6,12-13,20-23H2,1-5H3,(H2-,35,38,39,40,41)/p+1. The van der Waals surface area contributed by atoms with Gasteiger partial charge < -0.3 is 19.3 Å². The van der Waals surface area contributed by atoms with Crippen LogP contribution in [0.25, 0.3) is 0 Å². The number of carbonyl (C=O) groups is 1. The highest BCUT2D eigenvalue weighted by Crippen LogP contribution is 2.48. The SMILES string of the molecule is CCC(=O)NCCCN1\C(=C/C=C/C=C/C2=[N+](CCCSO)c3ccccc3C2(C)C)C(C)(C)c2cc(S(=O)O)ccc21. The topological polar surface area (TPSA) is 92.9 Å². The minimum absolute atomic E-state index is 0.0416. The van der Waals surface area contributed by atoms with E-state index in [9.17, 15) is 18.1 Å². The fraction of sp³-hybridized carbons (Fsp3) is 0.412. The molecule has 2 aliphatic rings. The molecule has 3 N–H and O–H groups in total. The van der Waals surface area contributed by atoms with Crippen LogP contribution in [0.2, 0.25) is 0 Å². The molecule has 0 aromatic heterocycles. The third-order valence-electron chi connectivity index (χ3n) is 8.41. The van der Waals surface area contributed by atoms with Gasteiger partial charge in [-0.3, -0.25) is 4.79 Å². The Balaban J connectivity index is 1.61. The van der Waals surface area contributed by atoms with E-state index in [1.165, 1.54) is 17.0 Å². The smallest absolute Gasteiger partial charge is 0.219 e. The molecule has 1 atom stereocenters. The summed E-state index contributed by atoms with van der Waals surface area (Å²) in [6.45, 7) is 12.8. The van der Waals surface area contributed by atoms with Crippen molar-refractivity contribution >= 4 is 46.1 Å². The van der Waals surface area contributed by atoms with Gasteiger partial charge in [0, 0.05) is 66.2 Å². The van der Waals surface area contributed by atoms with Crippen molar-refractivity contribution in [3.8, 4) is 0 Å². The van der Waals surface area contributed by atoms with E-state index in [2.05, 4.69) is 91.1 Å². The predicted molar refractivity (Wildman–Crippen MR) is 179 cm³/mol. The minimum atomic E-state index is -2.06. The summed E-state index contributed by atoms with van der Waals surface area (Å²) in [4.78, 5) is 14.4. The van der Waals surface area contributed by atoms with Gasteiger partial charge >= 0.3 is 0 Å². The van der Waals surface area contributed by atoms with Crippen LogP contribution in [0.5, 0.6) is 0 Å². The van der Waals surface area contributed by atoms with Crippen molar-refractivity contribution in [3.63, 3.8) is 0 Å². The monoisotopic (exact) mass is 622 g/mol. The number of fused-ring (bicyclic) bond motifs is 2. The summed E-state index contributed by atoms with van der Waals surface area (Å²) < 4.78 is 33.2. The minimum Gasteiger partial charge on any atom is -0.356 e. The molecule has 0 spiro atoms. The molecule has 0 aliphatic carbocycles. The van der Waals surface area contributed by atoms with Gasteiger partial charge in [0.1, 0.15) is 6.54 Å². The summed E-state index contributed by atoms with van der Waals surface area (Å²) in [5, 5.41) is 2.96. The first-order valence-corrected chi connectivity index (χ1v) is 16.9. The second-order valence-corrected chi connectivity index (χ2v) is 13.6. The van der Waals surface area contributed by atoms with Gasteiger partial charge in [-0.05, 0) is 62.1 Å². The van der Waals surface area contributed by atoms with Crippen LogP contribution in [0.15, 0.2) is 83.4 Å². The zero-order chi connectivity index (χ0) is 31.2. The zero-order valence-electron chi connectivity index (χ0n) is 25.8. The lowest BCUT2D eigenvalue weighted by atomic mass is 9.81. The Morgan fingerprint density at radius 3 is 2.53 bits per heavy atom. The Morgan fingerprint density at radius 2 is 1.81 bits per heavy atom. The number of carbonyl (C=O) groups excluding carboxylic acids is 1. The Hall–Kier alpha value is -2.98. The summed E-state index contributed by atoms with van der Waals surface area (Å²) in [6, 6.07) is 14.0. The molecule has 2 heterocycles. The molecule has 0 bridgehead atoms. The van der Waals surface area contributed by atoms with Crippen molar-refractivity contribution in [2.24, 2.45) is 0 Å². The van der Waals surface area contributed by atoms with Crippen molar-refractivity contribution in [3.05, 3.63) is 89.7 Å². The van der Waals surface area contributed by atoms with Gasteiger partial charge in [0.25, 0.3) is 0 Å². The molecule has 43 heavy (non-hydrogen) atoms. The van der Waals surface area contributed by atoms with E-state index < -0.39 is 11.1 Å². The summed E-state index contributed by atoms with van der Waals surface area (Å²) in [5.41, 5.74) is 6.36. The van der Waals surface area contributed by atoms with Gasteiger partial charge in [-0.15, -0.1) is 0 Å². The maximum absolute atomic E-state index is 11.9. The molecule has 1 amide bonds. The average molecular weight is 623 g/mol. The van der Waals surface area contributed by atoms with Crippen molar-refractivity contribution in [2.75, 3.05) is 30.3 Å². The van der Waals surface area contributed by atoms with Gasteiger partial charge in [-0.25, -0.2) is 4.21 Å². The fourth-order valence-corrected chi connectivity index (χ4v) is 6.78. The van der Waals surface area contributed by atoms with Gasteiger partial charge in [0.05, 0.1) is 10.3 Å². The van der Waals surface area contributed by atoms with Crippen molar-refractivity contribution in [1.82, 2.24) is 5.32 Å². The Kier molecular flexibility index (Phi) is 10.9. The van der Waals surface area contributed by atoms with Crippen LogP contribution in [0.4, 0.5) is 11.4 Å². The first kappa shape index (κ1) is 32.9. The molecule has 0 radical (unpaired) electrons. The lowest BCUT2D eigenvalue weighted by Gasteiger charge is -2.27. The zero-order valence-corrected chi connectivity index (χ0v) is 27.4. The molecule has 0 fully saturated rings. The van der Waals surface area contributed by atoms with Crippen molar-refractivity contribution in [1.29, 1.82) is 0 Å². The quantitative estimate of drug-likeness (QED) is 0.0736. The van der Waals surface area contributed by atoms with Crippen LogP contribution in [0, 0.1) is 0 Å². The molecule has 230 valence electrons. The highest BCUT2D eigenvalue weighted by Gasteiger charge is 2.44. The summed E-state index contributed by atoms with van der Waals surface area (Å²) in [5.74, 6) is 0.735. The average Bonchev–Trinajstić information content (AvgIpc) is 3.33. The van der Waals surface area contributed by atoms with Gasteiger partial charge in [0.2, 0.25) is 11.6 Å². The lowest BCUT2D eigenvalue weighted by Crippen LogP contribution is -2.30.